The first-order valence-corrected chi connectivity index (χ1v) is 8.41. The second-order valence-electron chi connectivity index (χ2n) is 4.83. The quantitative estimate of drug-likeness (QED) is 0.800. The van der Waals surface area contributed by atoms with E-state index in [1.807, 2.05) is 37.4 Å². The number of aromatic nitrogens is 2. The van der Waals surface area contributed by atoms with Crippen LogP contribution in [-0.4, -0.2) is 16.5 Å². The molecule has 0 amide bonds. The summed E-state index contributed by atoms with van der Waals surface area (Å²) in [4.78, 5) is 10.1. The van der Waals surface area contributed by atoms with E-state index in [-0.39, 0.29) is 6.04 Å². The van der Waals surface area contributed by atoms with Crippen LogP contribution in [0.3, 0.4) is 0 Å². The Morgan fingerprint density at radius 1 is 1.33 bits per heavy atom. The molecule has 1 atom stereocenters. The van der Waals surface area contributed by atoms with Gasteiger partial charge in [0.1, 0.15) is 5.82 Å². The number of hydrogen-bond acceptors (Lipinski definition) is 4. The number of nitrogens with zero attached hydrogens (tertiary/aromatic N) is 2. The number of nitrogens with one attached hydrogen (secondary N) is 1. The Morgan fingerprint density at radius 3 is 2.76 bits per heavy atom. The van der Waals surface area contributed by atoms with Gasteiger partial charge in [-0.2, -0.15) is 0 Å². The molecule has 1 unspecified atom stereocenters. The van der Waals surface area contributed by atoms with Gasteiger partial charge >= 0.3 is 0 Å². The summed E-state index contributed by atoms with van der Waals surface area (Å²) in [5, 5.41) is 4.16. The van der Waals surface area contributed by atoms with E-state index in [1.165, 1.54) is 0 Å². The Morgan fingerprint density at radius 2 is 2.10 bits per heavy atom. The third kappa shape index (κ3) is 4.43. The smallest absolute Gasteiger partial charge is 0.138 e. The van der Waals surface area contributed by atoms with E-state index in [4.69, 9.17) is 11.6 Å². The van der Waals surface area contributed by atoms with Gasteiger partial charge in [0.15, 0.2) is 0 Å². The van der Waals surface area contributed by atoms with E-state index in [0.29, 0.717) is 0 Å². The first-order valence-electron chi connectivity index (χ1n) is 7.05. The van der Waals surface area contributed by atoms with Crippen molar-refractivity contribution >= 4 is 23.4 Å². The van der Waals surface area contributed by atoms with E-state index < -0.39 is 0 Å². The zero-order chi connectivity index (χ0) is 15.2. The molecule has 0 fully saturated rings. The minimum atomic E-state index is 0.278. The van der Waals surface area contributed by atoms with Gasteiger partial charge in [-0.05, 0) is 32.5 Å². The Kier molecular flexibility index (Phi) is 6.03. The summed E-state index contributed by atoms with van der Waals surface area (Å²) in [7, 11) is 0. The van der Waals surface area contributed by atoms with Crippen LogP contribution in [0.15, 0.2) is 35.4 Å². The molecule has 0 saturated heterocycles. The average molecular weight is 322 g/mol. The highest BCUT2D eigenvalue weighted by atomic mass is 35.5. The van der Waals surface area contributed by atoms with Crippen LogP contribution < -0.4 is 5.32 Å². The third-order valence-electron chi connectivity index (χ3n) is 3.24. The summed E-state index contributed by atoms with van der Waals surface area (Å²) in [5.74, 6) is 1.56. The maximum atomic E-state index is 6.15. The van der Waals surface area contributed by atoms with Crippen molar-refractivity contribution in [1.29, 1.82) is 0 Å². The predicted molar refractivity (Wildman–Crippen MR) is 89.9 cm³/mol. The summed E-state index contributed by atoms with van der Waals surface area (Å²) in [6.45, 7) is 7.20. The van der Waals surface area contributed by atoms with Crippen molar-refractivity contribution in [3.8, 4) is 0 Å². The molecular formula is C16H20ClN3S. The first kappa shape index (κ1) is 16.3. The van der Waals surface area contributed by atoms with Crippen LogP contribution in [-0.2, 0) is 5.75 Å². The fraction of sp³-hybridized carbons (Fsp3) is 0.375. The molecule has 0 saturated carbocycles. The number of aryl methyl sites for hydroxylation is 1. The number of rotatable bonds is 6. The number of benzene rings is 1. The van der Waals surface area contributed by atoms with Gasteiger partial charge in [0.05, 0.1) is 10.8 Å². The van der Waals surface area contributed by atoms with Crippen molar-refractivity contribution in [2.45, 2.75) is 37.5 Å². The summed E-state index contributed by atoms with van der Waals surface area (Å²) < 4.78 is 0. The van der Waals surface area contributed by atoms with Crippen LogP contribution in [0.5, 0.6) is 0 Å². The van der Waals surface area contributed by atoms with Crippen molar-refractivity contribution < 1.29 is 0 Å². The second-order valence-corrected chi connectivity index (χ2v) is 6.25. The number of halogens is 1. The third-order valence-corrected chi connectivity index (χ3v) is 4.75. The minimum Gasteiger partial charge on any atom is -0.310 e. The molecular weight excluding hydrogens is 302 g/mol. The summed E-state index contributed by atoms with van der Waals surface area (Å²) in [6, 6.07) is 8.12. The van der Waals surface area contributed by atoms with Crippen LogP contribution in [0.2, 0.25) is 5.02 Å². The average Bonchev–Trinajstić information content (AvgIpc) is 2.46. The van der Waals surface area contributed by atoms with Crippen molar-refractivity contribution in [2.24, 2.45) is 0 Å². The fourth-order valence-corrected chi connectivity index (χ4v) is 3.24. The van der Waals surface area contributed by atoms with Crippen LogP contribution in [0.25, 0.3) is 0 Å². The lowest BCUT2D eigenvalue weighted by Crippen LogP contribution is -2.19. The lowest BCUT2D eigenvalue weighted by Gasteiger charge is -2.15. The van der Waals surface area contributed by atoms with Gasteiger partial charge in [0.2, 0.25) is 0 Å². The van der Waals surface area contributed by atoms with Gasteiger partial charge in [-0.15, -0.1) is 11.8 Å². The zero-order valence-electron chi connectivity index (χ0n) is 12.6. The molecule has 2 rings (SSSR count). The van der Waals surface area contributed by atoms with Crippen LogP contribution in [0.1, 0.15) is 37.0 Å². The molecule has 1 aromatic carbocycles. The Labute approximate surface area is 135 Å². The molecule has 0 spiro atoms. The van der Waals surface area contributed by atoms with Crippen LogP contribution >= 0.6 is 23.4 Å². The minimum absolute atomic E-state index is 0.278. The zero-order valence-corrected chi connectivity index (χ0v) is 14.1. The Bertz CT molecular complexity index is 604. The molecule has 0 radical (unpaired) electrons. The van der Waals surface area contributed by atoms with Gasteiger partial charge in [-0.3, -0.25) is 0 Å². The van der Waals surface area contributed by atoms with E-state index in [0.717, 1.165) is 39.3 Å². The lowest BCUT2D eigenvalue weighted by atomic mass is 10.1. The van der Waals surface area contributed by atoms with Gasteiger partial charge in [0, 0.05) is 28.4 Å². The molecule has 21 heavy (non-hydrogen) atoms. The van der Waals surface area contributed by atoms with Crippen molar-refractivity contribution in [3.05, 3.63) is 52.6 Å². The summed E-state index contributed by atoms with van der Waals surface area (Å²) >= 11 is 7.81. The van der Waals surface area contributed by atoms with Crippen LogP contribution in [0.4, 0.5) is 0 Å². The van der Waals surface area contributed by atoms with E-state index in [9.17, 15) is 0 Å². The summed E-state index contributed by atoms with van der Waals surface area (Å²) in [6.07, 6.45) is 1.93. The highest BCUT2D eigenvalue weighted by Crippen LogP contribution is 2.28. The van der Waals surface area contributed by atoms with Crippen molar-refractivity contribution in [3.63, 3.8) is 0 Å². The molecule has 0 aliphatic rings. The summed E-state index contributed by atoms with van der Waals surface area (Å²) in [5.41, 5.74) is 2.19. The van der Waals surface area contributed by atoms with Gasteiger partial charge in [0.25, 0.3) is 0 Å². The number of thioether (sulfide) groups is 1. The molecule has 0 aliphatic carbocycles. The molecule has 1 N–H and O–H groups in total. The largest absolute Gasteiger partial charge is 0.310 e. The topological polar surface area (TPSA) is 37.8 Å². The Balaban J connectivity index is 2.05. The van der Waals surface area contributed by atoms with Crippen molar-refractivity contribution in [1.82, 2.24) is 15.3 Å². The standard InChI is InChI=1S/C16H20ClN3S/c1-4-18-11(2)13-9-19-16(20-12(13)3)10-21-15-8-6-5-7-14(15)17/h5-9,11,18H,4,10H2,1-3H3. The van der Waals surface area contributed by atoms with E-state index in [1.54, 1.807) is 11.8 Å². The monoisotopic (exact) mass is 321 g/mol. The van der Waals surface area contributed by atoms with E-state index in [2.05, 4.69) is 29.1 Å². The normalized spacial score (nSPS) is 12.4. The molecule has 2 aromatic rings. The lowest BCUT2D eigenvalue weighted by molar-refractivity contribution is 0.589. The fourth-order valence-electron chi connectivity index (χ4n) is 2.14. The molecule has 0 aliphatic heterocycles. The maximum Gasteiger partial charge on any atom is 0.138 e. The van der Waals surface area contributed by atoms with Gasteiger partial charge in [-0.1, -0.05) is 30.7 Å². The Hall–Kier alpha value is -1.10. The van der Waals surface area contributed by atoms with Gasteiger partial charge < -0.3 is 5.32 Å². The predicted octanol–water partition coefficient (Wildman–Crippen LogP) is 4.40. The molecule has 5 heteroatoms. The molecule has 1 aromatic heterocycles. The molecule has 1 heterocycles. The second kappa shape index (κ2) is 7.78. The van der Waals surface area contributed by atoms with Crippen LogP contribution in [0, 0.1) is 6.92 Å². The highest BCUT2D eigenvalue weighted by molar-refractivity contribution is 7.98. The van der Waals surface area contributed by atoms with E-state index >= 15 is 0 Å². The molecule has 0 bridgehead atoms. The molecule has 3 nitrogen and oxygen atoms in total. The number of hydrogen-bond donors (Lipinski definition) is 1. The van der Waals surface area contributed by atoms with Crippen molar-refractivity contribution in [2.75, 3.05) is 6.54 Å². The van der Waals surface area contributed by atoms with Gasteiger partial charge in [-0.25, -0.2) is 9.97 Å². The first-order chi connectivity index (χ1) is 10.1. The molecule has 112 valence electrons. The SMILES string of the molecule is CCNC(C)c1cnc(CSc2ccccc2Cl)nc1C. The highest BCUT2D eigenvalue weighted by Gasteiger charge is 2.10. The maximum absolute atomic E-state index is 6.15.